The molecule has 0 heterocycles. The van der Waals surface area contributed by atoms with Crippen LogP contribution in [0.1, 0.15) is 13.8 Å². The number of hydrogen-bond acceptors (Lipinski definition) is 4. The van der Waals surface area contributed by atoms with Crippen molar-refractivity contribution in [3.63, 3.8) is 0 Å². The standard InChI is InChI=1S/C13H23N3O2S/c1-13(2,9-14)10-16(4)11-7-5-6-8-12(11)19(17,18)15-3/h5-8,15H,9-10,14H2,1-4H3. The fourth-order valence-corrected chi connectivity index (χ4v) is 2.88. The number of benzene rings is 1. The normalized spacial score (nSPS) is 12.5. The molecule has 3 N–H and O–H groups in total. The zero-order valence-corrected chi connectivity index (χ0v) is 12.8. The van der Waals surface area contributed by atoms with Gasteiger partial charge < -0.3 is 10.6 Å². The topological polar surface area (TPSA) is 75.4 Å². The van der Waals surface area contributed by atoms with Gasteiger partial charge >= 0.3 is 0 Å². The third-order valence-electron chi connectivity index (χ3n) is 3.05. The lowest BCUT2D eigenvalue weighted by Crippen LogP contribution is -2.37. The summed E-state index contributed by atoms with van der Waals surface area (Å²) in [6, 6.07) is 6.95. The lowest BCUT2D eigenvalue weighted by atomic mass is 9.93. The zero-order chi connectivity index (χ0) is 14.7. The van der Waals surface area contributed by atoms with Gasteiger partial charge in [0.05, 0.1) is 5.69 Å². The summed E-state index contributed by atoms with van der Waals surface area (Å²) in [5.41, 5.74) is 6.33. The quantitative estimate of drug-likeness (QED) is 0.818. The van der Waals surface area contributed by atoms with E-state index in [0.29, 0.717) is 18.8 Å². The lowest BCUT2D eigenvalue weighted by molar-refractivity contribution is 0.384. The van der Waals surface area contributed by atoms with Gasteiger partial charge in [-0.25, -0.2) is 13.1 Å². The van der Waals surface area contributed by atoms with E-state index in [1.165, 1.54) is 7.05 Å². The van der Waals surface area contributed by atoms with Gasteiger partial charge in [0.15, 0.2) is 0 Å². The number of anilines is 1. The summed E-state index contributed by atoms with van der Waals surface area (Å²) in [6.45, 7) is 5.33. The Bertz CT molecular complexity index is 526. The minimum Gasteiger partial charge on any atom is -0.373 e. The van der Waals surface area contributed by atoms with Gasteiger partial charge in [-0.05, 0) is 31.1 Å². The van der Waals surface area contributed by atoms with Crippen molar-refractivity contribution in [2.24, 2.45) is 11.1 Å². The molecule has 0 aliphatic heterocycles. The molecule has 108 valence electrons. The first-order valence-corrected chi connectivity index (χ1v) is 7.65. The monoisotopic (exact) mass is 285 g/mol. The number of sulfonamides is 1. The maximum atomic E-state index is 12.0. The highest BCUT2D eigenvalue weighted by Gasteiger charge is 2.23. The molecule has 0 atom stereocenters. The van der Waals surface area contributed by atoms with Gasteiger partial charge in [-0.3, -0.25) is 0 Å². The molecule has 0 amide bonds. The Labute approximate surface area is 115 Å². The van der Waals surface area contributed by atoms with E-state index in [4.69, 9.17) is 5.73 Å². The number of rotatable bonds is 6. The van der Waals surface area contributed by atoms with Crippen LogP contribution in [-0.4, -0.2) is 35.6 Å². The van der Waals surface area contributed by atoms with Gasteiger partial charge in [0.1, 0.15) is 4.90 Å². The molecule has 0 aromatic heterocycles. The Morgan fingerprint density at radius 2 is 1.89 bits per heavy atom. The molecule has 0 aliphatic carbocycles. The second-order valence-electron chi connectivity index (χ2n) is 5.40. The van der Waals surface area contributed by atoms with E-state index in [0.717, 1.165) is 0 Å². The second kappa shape index (κ2) is 5.90. The minimum absolute atomic E-state index is 0.0781. The van der Waals surface area contributed by atoms with Crippen LogP contribution >= 0.6 is 0 Å². The largest absolute Gasteiger partial charge is 0.373 e. The van der Waals surface area contributed by atoms with E-state index < -0.39 is 10.0 Å². The first-order valence-electron chi connectivity index (χ1n) is 6.17. The van der Waals surface area contributed by atoms with Crippen LogP contribution in [0.4, 0.5) is 5.69 Å². The summed E-state index contributed by atoms with van der Waals surface area (Å²) >= 11 is 0. The van der Waals surface area contributed by atoms with Crippen molar-refractivity contribution in [2.75, 3.05) is 32.1 Å². The lowest BCUT2D eigenvalue weighted by Gasteiger charge is -2.31. The highest BCUT2D eigenvalue weighted by Crippen LogP contribution is 2.26. The molecular weight excluding hydrogens is 262 g/mol. The van der Waals surface area contributed by atoms with Crippen molar-refractivity contribution >= 4 is 15.7 Å². The van der Waals surface area contributed by atoms with E-state index in [1.807, 2.05) is 18.0 Å². The third kappa shape index (κ3) is 3.92. The van der Waals surface area contributed by atoms with Gasteiger partial charge in [0.2, 0.25) is 10.0 Å². The number of para-hydroxylation sites is 1. The molecule has 5 nitrogen and oxygen atoms in total. The van der Waals surface area contributed by atoms with E-state index in [-0.39, 0.29) is 10.3 Å². The third-order valence-corrected chi connectivity index (χ3v) is 4.51. The summed E-state index contributed by atoms with van der Waals surface area (Å²) < 4.78 is 26.3. The molecule has 0 fully saturated rings. The molecule has 0 bridgehead atoms. The Kier molecular flexibility index (Phi) is 4.95. The van der Waals surface area contributed by atoms with Crippen LogP contribution in [0.15, 0.2) is 29.2 Å². The summed E-state index contributed by atoms with van der Waals surface area (Å²) in [7, 11) is -0.170. The molecule has 19 heavy (non-hydrogen) atoms. The van der Waals surface area contributed by atoms with Gasteiger partial charge in [0, 0.05) is 13.6 Å². The highest BCUT2D eigenvalue weighted by molar-refractivity contribution is 7.89. The maximum Gasteiger partial charge on any atom is 0.242 e. The molecule has 0 saturated carbocycles. The molecule has 0 aliphatic rings. The summed E-state index contributed by atoms with van der Waals surface area (Å²) in [5.74, 6) is 0. The van der Waals surface area contributed by atoms with E-state index >= 15 is 0 Å². The summed E-state index contributed by atoms with van der Waals surface area (Å²) in [5, 5.41) is 0. The van der Waals surface area contributed by atoms with Crippen molar-refractivity contribution < 1.29 is 8.42 Å². The number of nitrogens with one attached hydrogen (secondary N) is 1. The summed E-state index contributed by atoms with van der Waals surface area (Å²) in [4.78, 5) is 2.21. The molecule has 0 unspecified atom stereocenters. The molecular formula is C13H23N3O2S. The minimum atomic E-state index is -3.46. The van der Waals surface area contributed by atoms with Crippen LogP contribution < -0.4 is 15.4 Å². The fourth-order valence-electron chi connectivity index (χ4n) is 1.90. The average Bonchev–Trinajstić information content (AvgIpc) is 2.38. The molecule has 6 heteroatoms. The fraction of sp³-hybridized carbons (Fsp3) is 0.538. The van der Waals surface area contributed by atoms with E-state index in [1.54, 1.807) is 18.2 Å². The Morgan fingerprint density at radius 3 is 2.42 bits per heavy atom. The average molecular weight is 285 g/mol. The van der Waals surface area contributed by atoms with Crippen molar-refractivity contribution in [3.8, 4) is 0 Å². The van der Waals surface area contributed by atoms with Gasteiger partial charge in [-0.1, -0.05) is 26.0 Å². The predicted octanol–water partition coefficient (Wildman–Crippen LogP) is 1.02. The highest BCUT2D eigenvalue weighted by atomic mass is 32.2. The first kappa shape index (κ1) is 15.9. The van der Waals surface area contributed by atoms with E-state index in [9.17, 15) is 8.42 Å². The molecule has 1 rings (SSSR count). The number of nitrogens with zero attached hydrogens (tertiary/aromatic N) is 1. The smallest absolute Gasteiger partial charge is 0.242 e. The van der Waals surface area contributed by atoms with Gasteiger partial charge in [0.25, 0.3) is 0 Å². The zero-order valence-electron chi connectivity index (χ0n) is 12.0. The SMILES string of the molecule is CNS(=O)(=O)c1ccccc1N(C)CC(C)(C)CN. The molecule has 0 radical (unpaired) electrons. The molecule has 1 aromatic rings. The second-order valence-corrected chi connectivity index (χ2v) is 7.25. The van der Waals surface area contributed by atoms with Crippen LogP contribution in [0.25, 0.3) is 0 Å². The Balaban J connectivity index is 3.15. The van der Waals surface area contributed by atoms with E-state index in [2.05, 4.69) is 18.6 Å². The summed E-state index contributed by atoms with van der Waals surface area (Å²) in [6.07, 6.45) is 0. The number of hydrogen-bond donors (Lipinski definition) is 2. The van der Waals surface area contributed by atoms with Crippen molar-refractivity contribution in [3.05, 3.63) is 24.3 Å². The van der Waals surface area contributed by atoms with Crippen LogP contribution in [0.2, 0.25) is 0 Å². The molecule has 1 aromatic carbocycles. The predicted molar refractivity (Wildman–Crippen MR) is 78.8 cm³/mol. The first-order chi connectivity index (χ1) is 8.73. The maximum absolute atomic E-state index is 12.0. The van der Waals surface area contributed by atoms with Crippen molar-refractivity contribution in [2.45, 2.75) is 18.7 Å². The van der Waals surface area contributed by atoms with Crippen LogP contribution in [0.3, 0.4) is 0 Å². The molecule has 0 spiro atoms. The van der Waals surface area contributed by atoms with Gasteiger partial charge in [-0.2, -0.15) is 0 Å². The van der Waals surface area contributed by atoms with Gasteiger partial charge in [-0.15, -0.1) is 0 Å². The van der Waals surface area contributed by atoms with Crippen LogP contribution in [-0.2, 0) is 10.0 Å². The Hall–Kier alpha value is -1.11. The Morgan fingerprint density at radius 1 is 1.32 bits per heavy atom. The molecule has 0 saturated heterocycles. The van der Waals surface area contributed by atoms with Crippen LogP contribution in [0.5, 0.6) is 0 Å². The van der Waals surface area contributed by atoms with Crippen molar-refractivity contribution in [1.29, 1.82) is 0 Å². The van der Waals surface area contributed by atoms with Crippen LogP contribution in [0, 0.1) is 5.41 Å². The van der Waals surface area contributed by atoms with Crippen molar-refractivity contribution in [1.82, 2.24) is 4.72 Å². The number of nitrogens with two attached hydrogens (primary N) is 1.